The third kappa shape index (κ3) is 4.21. The van der Waals surface area contributed by atoms with Crippen LogP contribution in [-0.4, -0.2) is 32.1 Å². The monoisotopic (exact) mass is 401 g/mol. The molecule has 27 heavy (non-hydrogen) atoms. The lowest BCUT2D eigenvalue weighted by Crippen LogP contribution is -2.23. The highest BCUT2D eigenvalue weighted by atomic mass is 35.5. The fourth-order valence-corrected chi connectivity index (χ4v) is 4.34. The van der Waals surface area contributed by atoms with Gasteiger partial charge in [0.15, 0.2) is 5.13 Å². The summed E-state index contributed by atoms with van der Waals surface area (Å²) in [7, 11) is 1.93. The summed E-state index contributed by atoms with van der Waals surface area (Å²) >= 11 is 7.41. The molecule has 0 saturated carbocycles. The summed E-state index contributed by atoms with van der Waals surface area (Å²) in [6.45, 7) is 1.84. The molecule has 4 rings (SSSR count). The van der Waals surface area contributed by atoms with Crippen LogP contribution >= 0.6 is 22.9 Å². The molecule has 0 bridgehead atoms. The van der Waals surface area contributed by atoms with E-state index in [1.807, 2.05) is 29.4 Å². The molecular formula is C19H20ClN5OS. The second-order valence-electron chi connectivity index (χ2n) is 6.65. The Morgan fingerprint density at radius 2 is 2.30 bits per heavy atom. The van der Waals surface area contributed by atoms with Gasteiger partial charge in [-0.2, -0.15) is 5.10 Å². The Morgan fingerprint density at radius 1 is 1.41 bits per heavy atom. The van der Waals surface area contributed by atoms with Crippen molar-refractivity contribution in [3.63, 3.8) is 0 Å². The van der Waals surface area contributed by atoms with E-state index in [0.717, 1.165) is 37.3 Å². The molecule has 6 nitrogen and oxygen atoms in total. The van der Waals surface area contributed by atoms with Gasteiger partial charge in [-0.25, -0.2) is 4.98 Å². The van der Waals surface area contributed by atoms with Crippen molar-refractivity contribution in [3.05, 3.63) is 63.9 Å². The van der Waals surface area contributed by atoms with Crippen LogP contribution < -0.4 is 5.32 Å². The Hall–Kier alpha value is -2.22. The first-order valence-electron chi connectivity index (χ1n) is 8.83. The van der Waals surface area contributed by atoms with Crippen LogP contribution in [0.3, 0.4) is 0 Å². The number of amides is 1. The van der Waals surface area contributed by atoms with E-state index >= 15 is 0 Å². The van der Waals surface area contributed by atoms with E-state index in [0.29, 0.717) is 15.7 Å². The zero-order valence-corrected chi connectivity index (χ0v) is 16.5. The maximum absolute atomic E-state index is 12.4. The number of nitrogens with one attached hydrogen (secondary N) is 1. The number of benzene rings is 1. The molecule has 1 aromatic carbocycles. The zero-order valence-electron chi connectivity index (χ0n) is 14.9. The van der Waals surface area contributed by atoms with Crippen LogP contribution in [0.15, 0.2) is 41.9 Å². The Balaban J connectivity index is 1.44. The molecule has 1 aliphatic heterocycles. The molecule has 8 heteroatoms. The molecule has 2 aromatic heterocycles. The molecule has 1 aliphatic rings. The average Bonchev–Trinajstić information content (AvgIpc) is 3.37. The summed E-state index contributed by atoms with van der Waals surface area (Å²) in [4.78, 5) is 19.4. The molecule has 1 amide bonds. The number of hydrogen-bond acceptors (Lipinski definition) is 5. The van der Waals surface area contributed by atoms with E-state index < -0.39 is 0 Å². The average molecular weight is 402 g/mol. The molecular weight excluding hydrogens is 382 g/mol. The molecule has 0 spiro atoms. The molecule has 3 aromatic rings. The Bertz CT molecular complexity index is 953. The number of carbonyl (C=O) groups is 1. The highest BCUT2D eigenvalue weighted by Crippen LogP contribution is 2.34. The second kappa shape index (κ2) is 7.80. The van der Waals surface area contributed by atoms with Crippen molar-refractivity contribution >= 4 is 34.0 Å². The fourth-order valence-electron chi connectivity index (χ4n) is 3.40. The maximum atomic E-state index is 12.4. The number of aromatic nitrogens is 3. The number of hydrogen-bond donors (Lipinski definition) is 1. The van der Waals surface area contributed by atoms with Crippen LogP contribution in [-0.2, 0) is 13.6 Å². The van der Waals surface area contributed by atoms with E-state index in [-0.39, 0.29) is 11.9 Å². The summed E-state index contributed by atoms with van der Waals surface area (Å²) in [6.07, 6.45) is 4.17. The molecule has 1 atom stereocenters. The van der Waals surface area contributed by atoms with Crippen LogP contribution in [0.25, 0.3) is 0 Å². The fraction of sp³-hybridized carbons (Fsp3) is 0.316. The standard InChI is InChI=1S/C19H20ClN5OS/c1-24-9-7-15(23-24)11-25-8-3-6-17(25)16-12-27-19(21-16)22-18(26)13-4-2-5-14(20)10-13/h2,4-5,7,9-10,12,17H,3,6,8,11H2,1H3,(H,21,22,26). The number of carbonyl (C=O) groups excluding carboxylic acids is 1. The quantitative estimate of drug-likeness (QED) is 0.698. The second-order valence-corrected chi connectivity index (χ2v) is 7.95. The third-order valence-electron chi connectivity index (χ3n) is 4.67. The van der Waals surface area contributed by atoms with Crippen molar-refractivity contribution in [1.29, 1.82) is 0 Å². The van der Waals surface area contributed by atoms with Gasteiger partial charge in [-0.05, 0) is 43.7 Å². The van der Waals surface area contributed by atoms with Crippen LogP contribution in [0.2, 0.25) is 5.02 Å². The lowest BCUT2D eigenvalue weighted by molar-refractivity contribution is 0.102. The minimum Gasteiger partial charge on any atom is -0.298 e. The SMILES string of the molecule is Cn1ccc(CN2CCCC2c2csc(NC(=O)c3cccc(Cl)c3)n2)n1. The predicted octanol–water partition coefficient (Wildman–Crippen LogP) is 4.12. The number of rotatable bonds is 5. The summed E-state index contributed by atoms with van der Waals surface area (Å²) < 4.78 is 1.83. The minimum atomic E-state index is -0.199. The first kappa shape index (κ1) is 18.2. The van der Waals surface area contributed by atoms with Gasteiger partial charge in [0.05, 0.1) is 17.4 Å². The van der Waals surface area contributed by atoms with Crippen molar-refractivity contribution in [2.24, 2.45) is 7.05 Å². The number of nitrogens with zero attached hydrogens (tertiary/aromatic N) is 4. The number of anilines is 1. The van der Waals surface area contributed by atoms with Gasteiger partial charge in [-0.3, -0.25) is 19.7 Å². The Labute approximate surface area is 166 Å². The van der Waals surface area contributed by atoms with Gasteiger partial charge in [0, 0.05) is 35.8 Å². The van der Waals surface area contributed by atoms with Crippen molar-refractivity contribution in [2.75, 3.05) is 11.9 Å². The maximum Gasteiger partial charge on any atom is 0.257 e. The first-order chi connectivity index (χ1) is 13.1. The molecule has 1 N–H and O–H groups in total. The van der Waals surface area contributed by atoms with Crippen LogP contribution in [0.4, 0.5) is 5.13 Å². The van der Waals surface area contributed by atoms with Gasteiger partial charge >= 0.3 is 0 Å². The molecule has 140 valence electrons. The summed E-state index contributed by atoms with van der Waals surface area (Å²) in [5.74, 6) is -0.199. The van der Waals surface area contributed by atoms with E-state index in [2.05, 4.69) is 20.3 Å². The summed E-state index contributed by atoms with van der Waals surface area (Å²) in [6, 6.07) is 9.21. The van der Waals surface area contributed by atoms with Gasteiger partial charge in [0.2, 0.25) is 0 Å². The Kier molecular flexibility index (Phi) is 5.24. The number of likely N-dealkylation sites (tertiary alicyclic amines) is 1. The van der Waals surface area contributed by atoms with Crippen molar-refractivity contribution in [3.8, 4) is 0 Å². The molecule has 1 fully saturated rings. The van der Waals surface area contributed by atoms with Crippen molar-refractivity contribution < 1.29 is 4.79 Å². The van der Waals surface area contributed by atoms with Gasteiger partial charge in [0.1, 0.15) is 0 Å². The third-order valence-corrected chi connectivity index (χ3v) is 5.68. The number of aryl methyl sites for hydroxylation is 1. The predicted molar refractivity (Wildman–Crippen MR) is 107 cm³/mol. The van der Waals surface area contributed by atoms with E-state index in [4.69, 9.17) is 11.6 Å². The highest BCUT2D eigenvalue weighted by molar-refractivity contribution is 7.14. The van der Waals surface area contributed by atoms with Gasteiger partial charge in [-0.1, -0.05) is 17.7 Å². The zero-order chi connectivity index (χ0) is 18.8. The lowest BCUT2D eigenvalue weighted by atomic mass is 10.1. The molecule has 1 unspecified atom stereocenters. The van der Waals surface area contributed by atoms with Crippen LogP contribution in [0.1, 0.15) is 40.6 Å². The molecule has 1 saturated heterocycles. The first-order valence-corrected chi connectivity index (χ1v) is 10.1. The smallest absolute Gasteiger partial charge is 0.257 e. The number of halogens is 1. The Morgan fingerprint density at radius 3 is 3.07 bits per heavy atom. The van der Waals surface area contributed by atoms with Gasteiger partial charge in [-0.15, -0.1) is 11.3 Å². The van der Waals surface area contributed by atoms with Gasteiger partial charge in [0.25, 0.3) is 5.91 Å². The topological polar surface area (TPSA) is 63.0 Å². The van der Waals surface area contributed by atoms with E-state index in [1.54, 1.807) is 24.3 Å². The largest absolute Gasteiger partial charge is 0.298 e. The number of thiazole rings is 1. The van der Waals surface area contributed by atoms with Crippen molar-refractivity contribution in [2.45, 2.75) is 25.4 Å². The molecule has 0 aliphatic carbocycles. The minimum absolute atomic E-state index is 0.199. The van der Waals surface area contributed by atoms with Crippen molar-refractivity contribution in [1.82, 2.24) is 19.7 Å². The normalized spacial score (nSPS) is 17.3. The summed E-state index contributed by atoms with van der Waals surface area (Å²) in [5, 5.41) is 10.5. The van der Waals surface area contributed by atoms with Gasteiger partial charge < -0.3 is 0 Å². The molecule has 0 radical (unpaired) electrons. The van der Waals surface area contributed by atoms with E-state index in [1.165, 1.54) is 11.3 Å². The van der Waals surface area contributed by atoms with Crippen LogP contribution in [0, 0.1) is 0 Å². The van der Waals surface area contributed by atoms with E-state index in [9.17, 15) is 4.79 Å². The lowest BCUT2D eigenvalue weighted by Gasteiger charge is -2.21. The molecule has 3 heterocycles. The van der Waals surface area contributed by atoms with Crippen LogP contribution in [0.5, 0.6) is 0 Å². The highest BCUT2D eigenvalue weighted by Gasteiger charge is 2.28. The summed E-state index contributed by atoms with van der Waals surface area (Å²) in [5.41, 5.74) is 2.60.